The van der Waals surface area contributed by atoms with Crippen molar-refractivity contribution in [2.24, 2.45) is 5.92 Å². The van der Waals surface area contributed by atoms with E-state index in [-0.39, 0.29) is 34.7 Å². The van der Waals surface area contributed by atoms with Crippen LogP contribution in [0.25, 0.3) is 0 Å². The lowest BCUT2D eigenvalue weighted by Crippen LogP contribution is -2.44. The molecular weight excluding hydrogens is 424 g/mol. The molecule has 2 aliphatic rings. The van der Waals surface area contributed by atoms with E-state index in [4.69, 9.17) is 9.47 Å². The van der Waals surface area contributed by atoms with E-state index in [2.05, 4.69) is 20.8 Å². The van der Waals surface area contributed by atoms with Gasteiger partial charge in [-0.3, -0.25) is 0 Å². The highest BCUT2D eigenvalue weighted by Crippen LogP contribution is 2.45. The summed E-state index contributed by atoms with van der Waals surface area (Å²) in [6.07, 6.45) is 4.18. The third kappa shape index (κ3) is 5.35. The molecular formula is C26H38O5S. The fourth-order valence-electron chi connectivity index (χ4n) is 4.55. The van der Waals surface area contributed by atoms with Crippen molar-refractivity contribution in [2.75, 3.05) is 6.61 Å². The number of rotatable bonds is 7. The first-order valence-corrected chi connectivity index (χ1v) is 12.5. The van der Waals surface area contributed by atoms with Crippen molar-refractivity contribution in [3.05, 3.63) is 39.5 Å². The molecule has 0 saturated carbocycles. The van der Waals surface area contributed by atoms with Crippen LogP contribution in [0.3, 0.4) is 0 Å². The average molecular weight is 463 g/mol. The number of thioether (sulfide) groups is 1. The van der Waals surface area contributed by atoms with Crippen molar-refractivity contribution in [1.29, 1.82) is 0 Å². The van der Waals surface area contributed by atoms with Crippen LogP contribution in [-0.2, 0) is 26.3 Å². The largest absolute Gasteiger partial charge is 0.511 e. The normalized spacial score (nSPS) is 24.4. The monoisotopic (exact) mass is 462 g/mol. The Morgan fingerprint density at radius 3 is 2.53 bits per heavy atom. The maximum absolute atomic E-state index is 13.2. The Morgan fingerprint density at radius 1 is 1.28 bits per heavy atom. The molecule has 2 atom stereocenters. The highest BCUT2D eigenvalue weighted by molar-refractivity contribution is 8.04. The quantitative estimate of drug-likeness (QED) is 0.488. The van der Waals surface area contributed by atoms with Crippen LogP contribution in [0, 0.1) is 12.8 Å². The fourth-order valence-corrected chi connectivity index (χ4v) is 5.80. The zero-order valence-corrected chi connectivity index (χ0v) is 21.1. The maximum atomic E-state index is 13.2. The van der Waals surface area contributed by atoms with Crippen LogP contribution in [0.5, 0.6) is 0 Å². The minimum atomic E-state index is -0.708. The molecule has 2 aliphatic heterocycles. The number of hydrogen-bond donors (Lipinski definition) is 2. The molecule has 1 fully saturated rings. The van der Waals surface area contributed by atoms with Gasteiger partial charge in [0.25, 0.3) is 0 Å². The van der Waals surface area contributed by atoms with Gasteiger partial charge in [-0.25, -0.2) is 4.79 Å². The van der Waals surface area contributed by atoms with Crippen LogP contribution in [-0.4, -0.2) is 34.5 Å². The summed E-state index contributed by atoms with van der Waals surface area (Å²) in [6, 6.07) is 4.00. The number of carbonyl (C=O) groups is 1. The predicted molar refractivity (Wildman–Crippen MR) is 128 cm³/mol. The van der Waals surface area contributed by atoms with E-state index >= 15 is 0 Å². The number of aliphatic hydroxyl groups is 2. The van der Waals surface area contributed by atoms with Gasteiger partial charge in [0.1, 0.15) is 16.3 Å². The standard InChI is InChI=1S/C26H38O5S/c1-16(2)26(10-9-19-8-7-11-30-19)14-21(28)23(24(29)31-26)32-22-12-17(3)18(15-27)13-20(22)25(4,5)6/h12-13,16,19,27-28H,7-11,14-15H2,1-6H3. The van der Waals surface area contributed by atoms with E-state index in [1.54, 1.807) is 0 Å². The van der Waals surface area contributed by atoms with Crippen LogP contribution in [0.4, 0.5) is 0 Å². The smallest absolute Gasteiger partial charge is 0.349 e. The van der Waals surface area contributed by atoms with Crippen molar-refractivity contribution >= 4 is 17.7 Å². The molecule has 0 bridgehead atoms. The molecule has 6 heteroatoms. The van der Waals surface area contributed by atoms with Gasteiger partial charge in [0.15, 0.2) is 0 Å². The van der Waals surface area contributed by atoms with E-state index in [1.165, 1.54) is 11.8 Å². The minimum Gasteiger partial charge on any atom is -0.511 e. The number of benzene rings is 1. The zero-order chi connectivity index (χ0) is 23.7. The minimum absolute atomic E-state index is 0.0303. The second-order valence-electron chi connectivity index (χ2n) is 10.5. The number of aryl methyl sites for hydroxylation is 1. The second-order valence-corrected chi connectivity index (χ2v) is 11.6. The highest BCUT2D eigenvalue weighted by atomic mass is 32.2. The number of carbonyl (C=O) groups excluding carboxylic acids is 1. The highest BCUT2D eigenvalue weighted by Gasteiger charge is 2.45. The van der Waals surface area contributed by atoms with Gasteiger partial charge in [0, 0.05) is 17.9 Å². The van der Waals surface area contributed by atoms with Crippen molar-refractivity contribution in [1.82, 2.24) is 0 Å². The molecule has 0 radical (unpaired) electrons. The van der Waals surface area contributed by atoms with Gasteiger partial charge in [-0.05, 0) is 66.7 Å². The second kappa shape index (κ2) is 9.78. The molecule has 178 valence electrons. The van der Waals surface area contributed by atoms with Gasteiger partial charge in [-0.1, -0.05) is 52.4 Å². The first-order chi connectivity index (χ1) is 15.0. The predicted octanol–water partition coefficient (Wildman–Crippen LogP) is 5.95. The molecule has 32 heavy (non-hydrogen) atoms. The van der Waals surface area contributed by atoms with E-state index < -0.39 is 11.6 Å². The van der Waals surface area contributed by atoms with Crippen LogP contribution in [0.2, 0.25) is 0 Å². The van der Waals surface area contributed by atoms with Gasteiger partial charge in [-0.15, -0.1) is 0 Å². The molecule has 0 amide bonds. The summed E-state index contributed by atoms with van der Waals surface area (Å²) in [5.41, 5.74) is 1.97. The average Bonchev–Trinajstić information content (AvgIpc) is 3.22. The van der Waals surface area contributed by atoms with Crippen molar-refractivity contribution in [3.63, 3.8) is 0 Å². The number of hydrogen-bond acceptors (Lipinski definition) is 6. The maximum Gasteiger partial charge on any atom is 0.349 e. The molecule has 1 saturated heterocycles. The lowest BCUT2D eigenvalue weighted by atomic mass is 9.80. The fraction of sp³-hybridized carbons (Fsp3) is 0.654. The first-order valence-electron chi connectivity index (χ1n) is 11.7. The Labute approximate surface area is 196 Å². The number of aliphatic hydroxyl groups excluding tert-OH is 2. The summed E-state index contributed by atoms with van der Waals surface area (Å²) >= 11 is 1.27. The topological polar surface area (TPSA) is 76.0 Å². The lowest BCUT2D eigenvalue weighted by Gasteiger charge is -2.40. The molecule has 2 heterocycles. The summed E-state index contributed by atoms with van der Waals surface area (Å²) in [6.45, 7) is 13.1. The molecule has 5 nitrogen and oxygen atoms in total. The Morgan fingerprint density at radius 2 is 2.00 bits per heavy atom. The molecule has 2 unspecified atom stereocenters. The molecule has 0 aromatic heterocycles. The Bertz CT molecular complexity index is 877. The van der Waals surface area contributed by atoms with E-state index in [0.717, 1.165) is 47.5 Å². The Hall–Kier alpha value is -1.50. The van der Waals surface area contributed by atoms with Gasteiger partial charge >= 0.3 is 5.97 Å². The molecule has 0 spiro atoms. The van der Waals surface area contributed by atoms with E-state index in [1.807, 2.05) is 32.9 Å². The van der Waals surface area contributed by atoms with Crippen molar-refractivity contribution in [3.8, 4) is 0 Å². The van der Waals surface area contributed by atoms with Gasteiger partial charge in [0.2, 0.25) is 0 Å². The number of cyclic esters (lactones) is 1. The van der Waals surface area contributed by atoms with Crippen LogP contribution in [0.1, 0.15) is 83.4 Å². The van der Waals surface area contributed by atoms with Gasteiger partial charge in [0.05, 0.1) is 12.7 Å². The summed E-state index contributed by atoms with van der Waals surface area (Å²) in [4.78, 5) is 14.3. The molecule has 2 N–H and O–H groups in total. The SMILES string of the molecule is Cc1cc(SC2=C(O)CC(CCC3CCCO3)(C(C)C)OC2=O)c(C(C)(C)C)cc1CO. The Balaban J connectivity index is 1.89. The van der Waals surface area contributed by atoms with Crippen molar-refractivity contribution in [2.45, 2.75) is 102 Å². The van der Waals surface area contributed by atoms with Crippen molar-refractivity contribution < 1.29 is 24.5 Å². The Kier molecular flexibility index (Phi) is 7.68. The number of esters is 1. The summed E-state index contributed by atoms with van der Waals surface area (Å²) in [5.74, 6) is -0.266. The van der Waals surface area contributed by atoms with E-state index in [9.17, 15) is 15.0 Å². The molecule has 1 aromatic carbocycles. The molecule has 1 aromatic rings. The summed E-state index contributed by atoms with van der Waals surface area (Å²) in [7, 11) is 0. The summed E-state index contributed by atoms with van der Waals surface area (Å²) < 4.78 is 11.8. The van der Waals surface area contributed by atoms with Crippen LogP contribution >= 0.6 is 11.8 Å². The molecule has 0 aliphatic carbocycles. The molecule has 3 rings (SSSR count). The van der Waals surface area contributed by atoms with Crippen LogP contribution in [0.15, 0.2) is 27.7 Å². The van der Waals surface area contributed by atoms with E-state index in [0.29, 0.717) is 12.8 Å². The number of ether oxygens (including phenoxy) is 2. The first kappa shape index (κ1) is 25.1. The lowest BCUT2D eigenvalue weighted by molar-refractivity contribution is -0.165. The van der Waals surface area contributed by atoms with Crippen LogP contribution < -0.4 is 0 Å². The third-order valence-corrected chi connectivity index (χ3v) is 7.97. The third-order valence-electron chi connectivity index (χ3n) is 6.80. The zero-order valence-electron chi connectivity index (χ0n) is 20.3. The van der Waals surface area contributed by atoms with Gasteiger partial charge in [-0.2, -0.15) is 0 Å². The summed E-state index contributed by atoms with van der Waals surface area (Å²) in [5, 5.41) is 20.7. The van der Waals surface area contributed by atoms with Gasteiger partial charge < -0.3 is 19.7 Å².